The molecule has 0 saturated heterocycles. The Labute approximate surface area is 146 Å². The van der Waals surface area contributed by atoms with Crippen molar-refractivity contribution in [3.05, 3.63) is 66.0 Å². The molecular weight excluding hydrogens is 320 g/mol. The number of halogens is 1. The Hall–Kier alpha value is -2.57. The number of ether oxygens (including phenoxy) is 1. The molecule has 0 N–H and O–H groups in total. The summed E-state index contributed by atoms with van der Waals surface area (Å²) in [5.41, 5.74) is 2.16. The van der Waals surface area contributed by atoms with Gasteiger partial charge in [0.2, 0.25) is 0 Å². The fraction of sp³-hybridized carbons (Fsp3) is 0.200. The number of unbranched alkanes of at least 4 members (excludes halogenated alkanes) is 1. The molecule has 2 aromatic carbocycles. The average molecular weight is 337 g/mol. The Kier molecular flexibility index (Phi) is 5.65. The summed E-state index contributed by atoms with van der Waals surface area (Å²) in [5.74, 6) is 7.15. The van der Waals surface area contributed by atoms with Crippen LogP contribution in [-0.2, 0) is 6.42 Å². The van der Waals surface area contributed by atoms with E-state index < -0.39 is 0 Å². The van der Waals surface area contributed by atoms with E-state index in [1.54, 1.807) is 12.4 Å². The van der Waals surface area contributed by atoms with Gasteiger partial charge < -0.3 is 4.74 Å². The van der Waals surface area contributed by atoms with Crippen LogP contribution in [0.5, 0.6) is 5.75 Å². The number of benzene rings is 2. The number of hydrogen-bond donors (Lipinski definition) is 0. The molecule has 24 heavy (non-hydrogen) atoms. The summed E-state index contributed by atoms with van der Waals surface area (Å²) in [6.07, 6.45) is 6.31. The van der Waals surface area contributed by atoms with Gasteiger partial charge >= 0.3 is 0 Å². The van der Waals surface area contributed by atoms with E-state index in [-0.39, 0.29) is 6.07 Å². The lowest BCUT2D eigenvalue weighted by Gasteiger charge is -2.07. The minimum Gasteiger partial charge on any atom is -0.477 e. The number of aryl methyl sites for hydroxylation is 1. The third-order valence-electron chi connectivity index (χ3n) is 3.72. The number of rotatable bonds is 5. The largest absolute Gasteiger partial charge is 0.477 e. The van der Waals surface area contributed by atoms with Gasteiger partial charge in [-0.15, -0.1) is 0 Å². The summed E-state index contributed by atoms with van der Waals surface area (Å²) in [6, 6.07) is 14.3. The molecule has 3 aromatic rings. The topological polar surface area (TPSA) is 35.0 Å². The maximum Gasteiger partial charge on any atom is 0.162 e. The van der Waals surface area contributed by atoms with Crippen LogP contribution in [0.3, 0.4) is 0 Å². The van der Waals surface area contributed by atoms with Gasteiger partial charge in [0.25, 0.3) is 0 Å². The van der Waals surface area contributed by atoms with E-state index in [2.05, 4.69) is 46.3 Å². The predicted molar refractivity (Wildman–Crippen MR) is 97.1 cm³/mol. The number of hydrogen-bond acceptors (Lipinski definition) is 3. The molecule has 1 heterocycles. The molecule has 1 aromatic heterocycles. The van der Waals surface area contributed by atoms with Crippen molar-refractivity contribution in [2.75, 3.05) is 6.07 Å². The van der Waals surface area contributed by atoms with Crippen molar-refractivity contribution in [3.63, 3.8) is 0 Å². The van der Waals surface area contributed by atoms with E-state index in [0.29, 0.717) is 5.75 Å². The van der Waals surface area contributed by atoms with E-state index in [1.165, 1.54) is 5.56 Å². The Bertz CT molecular complexity index is 869. The molecule has 0 bridgehead atoms. The summed E-state index contributed by atoms with van der Waals surface area (Å²) in [5, 5.41) is 9.78. The maximum absolute atomic E-state index is 5.71. The van der Waals surface area contributed by atoms with Crippen LogP contribution in [-0.4, -0.2) is 16.3 Å². The van der Waals surface area contributed by atoms with Gasteiger partial charge in [0.05, 0.1) is 18.0 Å². The minimum atomic E-state index is 0.0900. The van der Waals surface area contributed by atoms with Crippen LogP contribution in [0.2, 0.25) is 0 Å². The molecule has 0 aliphatic rings. The number of alkyl halides is 1. The zero-order chi connectivity index (χ0) is 16.6. The zero-order valence-electron chi connectivity index (χ0n) is 13.2. The SMILES string of the molecule is ClCOc1ccc2cnncc2c1C#CCCCc1ccccc1. The maximum atomic E-state index is 5.71. The third kappa shape index (κ3) is 4.04. The van der Waals surface area contributed by atoms with Crippen molar-refractivity contribution in [1.82, 2.24) is 10.2 Å². The highest BCUT2D eigenvalue weighted by Crippen LogP contribution is 2.26. The van der Waals surface area contributed by atoms with Crippen LogP contribution in [0.25, 0.3) is 10.8 Å². The standard InChI is InChI=1S/C20H17ClN2O/c21-15-24-20-12-11-17-13-22-23-14-19(17)18(20)10-6-2-5-9-16-7-3-1-4-8-16/h1,3-4,7-8,11-14H,2,5,9,15H2. The van der Waals surface area contributed by atoms with Crippen LogP contribution >= 0.6 is 11.6 Å². The summed E-state index contributed by atoms with van der Waals surface area (Å²) in [6.45, 7) is 0. The highest BCUT2D eigenvalue weighted by atomic mass is 35.5. The average Bonchev–Trinajstić information content (AvgIpc) is 2.64. The van der Waals surface area contributed by atoms with Crippen LogP contribution < -0.4 is 4.74 Å². The second-order valence-electron chi connectivity index (χ2n) is 5.33. The first-order valence-corrected chi connectivity index (χ1v) is 8.37. The molecule has 4 heteroatoms. The van der Waals surface area contributed by atoms with Gasteiger partial charge in [-0.1, -0.05) is 53.8 Å². The van der Waals surface area contributed by atoms with Crippen LogP contribution in [0.1, 0.15) is 24.0 Å². The van der Waals surface area contributed by atoms with Gasteiger partial charge in [-0.2, -0.15) is 10.2 Å². The fourth-order valence-corrected chi connectivity index (χ4v) is 2.66. The molecule has 0 unspecified atom stereocenters. The second kappa shape index (κ2) is 8.33. The Morgan fingerprint density at radius 1 is 1.00 bits per heavy atom. The van der Waals surface area contributed by atoms with Gasteiger partial charge in [-0.3, -0.25) is 0 Å². The summed E-state index contributed by atoms with van der Waals surface area (Å²) in [7, 11) is 0. The Morgan fingerprint density at radius 3 is 2.67 bits per heavy atom. The van der Waals surface area contributed by atoms with Crippen molar-refractivity contribution in [2.24, 2.45) is 0 Å². The highest BCUT2D eigenvalue weighted by molar-refractivity contribution is 6.17. The third-order valence-corrected chi connectivity index (χ3v) is 3.83. The van der Waals surface area contributed by atoms with Crippen molar-refractivity contribution < 1.29 is 4.74 Å². The first kappa shape index (κ1) is 16.3. The molecule has 0 fully saturated rings. The van der Waals surface area contributed by atoms with Crippen molar-refractivity contribution in [2.45, 2.75) is 19.3 Å². The lowest BCUT2D eigenvalue weighted by molar-refractivity contribution is 0.387. The van der Waals surface area contributed by atoms with Crippen LogP contribution in [0, 0.1) is 11.8 Å². The van der Waals surface area contributed by atoms with Gasteiger partial charge in [-0.05, 0) is 30.5 Å². The zero-order valence-corrected chi connectivity index (χ0v) is 14.0. The highest BCUT2D eigenvalue weighted by Gasteiger charge is 2.07. The van der Waals surface area contributed by atoms with Gasteiger partial charge in [0, 0.05) is 17.2 Å². The van der Waals surface area contributed by atoms with E-state index in [9.17, 15) is 0 Å². The van der Waals surface area contributed by atoms with E-state index in [4.69, 9.17) is 16.3 Å². The molecule has 3 nitrogen and oxygen atoms in total. The first-order valence-electron chi connectivity index (χ1n) is 7.83. The quantitative estimate of drug-likeness (QED) is 0.388. The van der Waals surface area contributed by atoms with Gasteiger partial charge in [0.1, 0.15) is 5.75 Å². The minimum absolute atomic E-state index is 0.0900. The molecule has 0 aliphatic carbocycles. The Balaban J connectivity index is 1.75. The molecule has 0 amide bonds. The first-order chi connectivity index (χ1) is 11.9. The molecule has 0 aliphatic heterocycles. The number of fused-ring (bicyclic) bond motifs is 1. The summed E-state index contributed by atoms with van der Waals surface area (Å²) >= 11 is 5.71. The molecule has 0 saturated carbocycles. The number of aromatic nitrogens is 2. The van der Waals surface area contributed by atoms with E-state index in [0.717, 1.165) is 35.6 Å². The van der Waals surface area contributed by atoms with E-state index in [1.807, 2.05) is 18.2 Å². The lowest BCUT2D eigenvalue weighted by Crippen LogP contribution is -1.94. The number of nitrogens with zero attached hydrogens (tertiary/aromatic N) is 2. The smallest absolute Gasteiger partial charge is 0.162 e. The predicted octanol–water partition coefficient (Wildman–Crippen LogP) is 4.58. The summed E-state index contributed by atoms with van der Waals surface area (Å²) < 4.78 is 5.49. The molecule has 0 spiro atoms. The normalized spacial score (nSPS) is 10.2. The monoisotopic (exact) mass is 336 g/mol. The molecule has 0 atom stereocenters. The van der Waals surface area contributed by atoms with Gasteiger partial charge in [-0.25, -0.2) is 0 Å². The molecule has 3 rings (SSSR count). The second-order valence-corrected chi connectivity index (χ2v) is 5.54. The van der Waals surface area contributed by atoms with Gasteiger partial charge in [0.15, 0.2) is 6.07 Å². The van der Waals surface area contributed by atoms with Crippen molar-refractivity contribution in [3.8, 4) is 17.6 Å². The summed E-state index contributed by atoms with van der Waals surface area (Å²) in [4.78, 5) is 0. The molecule has 120 valence electrons. The van der Waals surface area contributed by atoms with Crippen LogP contribution in [0.4, 0.5) is 0 Å². The lowest BCUT2D eigenvalue weighted by atomic mass is 10.1. The molecule has 0 radical (unpaired) electrons. The fourth-order valence-electron chi connectivity index (χ4n) is 2.54. The molecular formula is C20H17ClN2O. The van der Waals surface area contributed by atoms with Crippen molar-refractivity contribution >= 4 is 22.4 Å². The van der Waals surface area contributed by atoms with Crippen LogP contribution in [0.15, 0.2) is 54.9 Å². The van der Waals surface area contributed by atoms with E-state index >= 15 is 0 Å². The van der Waals surface area contributed by atoms with Crippen molar-refractivity contribution in [1.29, 1.82) is 0 Å². The Morgan fingerprint density at radius 2 is 1.83 bits per heavy atom.